The average Bonchev–Trinajstić information content (AvgIpc) is 2.97. The van der Waals surface area contributed by atoms with Gasteiger partial charge < -0.3 is 14.8 Å². The predicted molar refractivity (Wildman–Crippen MR) is 90.8 cm³/mol. The highest BCUT2D eigenvalue weighted by Gasteiger charge is 2.22. The highest BCUT2D eigenvalue weighted by Crippen LogP contribution is 2.22. The smallest absolute Gasteiger partial charge is 0.220 e. The summed E-state index contributed by atoms with van der Waals surface area (Å²) < 4.78 is 12.8. The van der Waals surface area contributed by atoms with Crippen molar-refractivity contribution in [1.82, 2.24) is 15.1 Å². The monoisotopic (exact) mass is 335 g/mol. The van der Waals surface area contributed by atoms with Gasteiger partial charge in [0, 0.05) is 43.7 Å². The van der Waals surface area contributed by atoms with Crippen LogP contribution >= 0.6 is 0 Å². The number of hydrogen-bond acceptors (Lipinski definition) is 4. The number of ether oxygens (including phenoxy) is 2. The van der Waals surface area contributed by atoms with Gasteiger partial charge in [0.15, 0.2) is 0 Å². The normalized spacial score (nSPS) is 18.4. The lowest BCUT2D eigenvalue weighted by Gasteiger charge is -2.22. The summed E-state index contributed by atoms with van der Waals surface area (Å²) in [7, 11) is 1.70. The van der Waals surface area contributed by atoms with E-state index in [1.54, 1.807) is 7.11 Å². The second-order valence-electron chi connectivity index (χ2n) is 6.79. The zero-order valence-corrected chi connectivity index (χ0v) is 14.7. The Labute approximate surface area is 143 Å². The first-order valence-corrected chi connectivity index (χ1v) is 9.21. The number of amides is 1. The summed E-state index contributed by atoms with van der Waals surface area (Å²) in [6.45, 7) is 2.76. The largest absolute Gasteiger partial charge is 0.383 e. The van der Waals surface area contributed by atoms with Gasteiger partial charge in [-0.2, -0.15) is 5.10 Å². The van der Waals surface area contributed by atoms with E-state index in [0.29, 0.717) is 32.1 Å². The number of aromatic nitrogens is 2. The molecule has 0 unspecified atom stereocenters. The van der Waals surface area contributed by atoms with Gasteiger partial charge in [-0.3, -0.25) is 9.48 Å². The van der Waals surface area contributed by atoms with Gasteiger partial charge in [0.05, 0.1) is 32.1 Å². The van der Waals surface area contributed by atoms with Crippen molar-refractivity contribution in [2.24, 2.45) is 0 Å². The maximum Gasteiger partial charge on any atom is 0.220 e. The van der Waals surface area contributed by atoms with Crippen LogP contribution in [0, 0.1) is 0 Å². The van der Waals surface area contributed by atoms with E-state index in [-0.39, 0.29) is 5.91 Å². The van der Waals surface area contributed by atoms with Gasteiger partial charge in [0.1, 0.15) is 0 Å². The number of aryl methyl sites for hydroxylation is 1. The highest BCUT2D eigenvalue weighted by molar-refractivity contribution is 5.76. The zero-order valence-electron chi connectivity index (χ0n) is 14.7. The Morgan fingerprint density at radius 2 is 2.21 bits per heavy atom. The van der Waals surface area contributed by atoms with Crippen molar-refractivity contribution in [3.8, 4) is 0 Å². The van der Waals surface area contributed by atoms with Gasteiger partial charge in [-0.1, -0.05) is 19.3 Å². The van der Waals surface area contributed by atoms with Crippen molar-refractivity contribution in [2.45, 2.75) is 70.6 Å². The number of carbonyl (C=O) groups excluding carboxylic acids is 1. The number of fused-ring (bicyclic) bond motifs is 1. The summed E-state index contributed by atoms with van der Waals surface area (Å²) >= 11 is 0. The average molecular weight is 335 g/mol. The maximum absolute atomic E-state index is 12.2. The van der Waals surface area contributed by atoms with Crippen LogP contribution in [0.1, 0.15) is 55.5 Å². The van der Waals surface area contributed by atoms with Crippen LogP contribution in [0.25, 0.3) is 0 Å². The summed E-state index contributed by atoms with van der Waals surface area (Å²) in [4.78, 5) is 12.2. The molecular formula is C18H29N3O3. The summed E-state index contributed by atoms with van der Waals surface area (Å²) in [5.41, 5.74) is 3.45. The first-order chi connectivity index (χ1) is 11.8. The molecule has 0 atom stereocenters. The third-order valence-electron chi connectivity index (χ3n) is 5.05. The number of carbonyl (C=O) groups is 1. The molecule has 6 nitrogen and oxygen atoms in total. The fraction of sp³-hybridized carbons (Fsp3) is 0.778. The van der Waals surface area contributed by atoms with Crippen LogP contribution in [0.15, 0.2) is 0 Å². The van der Waals surface area contributed by atoms with Crippen LogP contribution in [0.3, 0.4) is 0 Å². The number of methoxy groups -OCH3 is 1. The molecule has 134 valence electrons. The number of hydrogen-bond donors (Lipinski definition) is 1. The molecule has 1 fully saturated rings. The molecule has 3 rings (SSSR count). The number of rotatable bonds is 7. The van der Waals surface area contributed by atoms with Gasteiger partial charge >= 0.3 is 0 Å². The standard InChI is InChI=1S/C18H29N3O3/c1-23-12-10-21-17-9-11-24-13-15(17)16(20-21)7-8-18(22)19-14-5-3-2-4-6-14/h14H,2-13H2,1H3,(H,19,22). The fourth-order valence-corrected chi connectivity index (χ4v) is 3.72. The van der Waals surface area contributed by atoms with Crippen LogP contribution in [0.2, 0.25) is 0 Å². The Balaban J connectivity index is 1.57. The Morgan fingerprint density at radius 1 is 1.38 bits per heavy atom. The molecule has 0 saturated heterocycles. The van der Waals surface area contributed by atoms with Crippen molar-refractivity contribution in [3.05, 3.63) is 17.0 Å². The molecule has 0 aromatic carbocycles. The molecule has 2 heterocycles. The lowest BCUT2D eigenvalue weighted by Crippen LogP contribution is -2.36. The fourth-order valence-electron chi connectivity index (χ4n) is 3.72. The minimum absolute atomic E-state index is 0.152. The van der Waals surface area contributed by atoms with Crippen LogP contribution in [-0.2, 0) is 40.3 Å². The van der Waals surface area contributed by atoms with Crippen LogP contribution in [0.5, 0.6) is 0 Å². The van der Waals surface area contributed by atoms with E-state index in [2.05, 4.69) is 5.32 Å². The molecule has 1 aromatic rings. The predicted octanol–water partition coefficient (Wildman–Crippen LogP) is 1.98. The molecular weight excluding hydrogens is 306 g/mol. The third kappa shape index (κ3) is 4.36. The van der Waals surface area contributed by atoms with E-state index in [9.17, 15) is 4.79 Å². The second kappa shape index (κ2) is 8.62. The van der Waals surface area contributed by atoms with Gasteiger partial charge in [-0.25, -0.2) is 0 Å². The number of nitrogens with zero attached hydrogens (tertiary/aromatic N) is 2. The van der Waals surface area contributed by atoms with Gasteiger partial charge in [0.2, 0.25) is 5.91 Å². The maximum atomic E-state index is 12.2. The molecule has 0 spiro atoms. The lowest BCUT2D eigenvalue weighted by atomic mass is 9.95. The van der Waals surface area contributed by atoms with Crippen molar-refractivity contribution in [3.63, 3.8) is 0 Å². The van der Waals surface area contributed by atoms with Crippen LogP contribution < -0.4 is 5.32 Å². The Bertz CT molecular complexity index is 550. The molecule has 6 heteroatoms. The lowest BCUT2D eigenvalue weighted by molar-refractivity contribution is -0.122. The molecule has 2 aliphatic rings. The van der Waals surface area contributed by atoms with Crippen molar-refractivity contribution < 1.29 is 14.3 Å². The van der Waals surface area contributed by atoms with Crippen molar-refractivity contribution in [2.75, 3.05) is 20.3 Å². The van der Waals surface area contributed by atoms with Crippen LogP contribution in [-0.4, -0.2) is 42.1 Å². The van der Waals surface area contributed by atoms with Gasteiger partial charge in [-0.05, 0) is 12.8 Å². The van der Waals surface area contributed by atoms with Gasteiger partial charge in [0.25, 0.3) is 0 Å². The second-order valence-corrected chi connectivity index (χ2v) is 6.79. The summed E-state index contributed by atoms with van der Waals surface area (Å²) in [5, 5.41) is 7.91. The van der Waals surface area contributed by atoms with E-state index < -0.39 is 0 Å². The molecule has 0 radical (unpaired) electrons. The topological polar surface area (TPSA) is 65.4 Å². The molecule has 1 aliphatic carbocycles. The Morgan fingerprint density at radius 3 is 3.00 bits per heavy atom. The highest BCUT2D eigenvalue weighted by atomic mass is 16.5. The summed E-state index contributed by atoms with van der Waals surface area (Å²) in [6, 6.07) is 0.378. The first kappa shape index (κ1) is 17.4. The summed E-state index contributed by atoms with van der Waals surface area (Å²) in [5.74, 6) is 0.152. The minimum Gasteiger partial charge on any atom is -0.383 e. The minimum atomic E-state index is 0.152. The van der Waals surface area contributed by atoms with E-state index in [0.717, 1.165) is 38.1 Å². The third-order valence-corrected chi connectivity index (χ3v) is 5.05. The quantitative estimate of drug-likeness (QED) is 0.827. The van der Waals surface area contributed by atoms with Crippen molar-refractivity contribution in [1.29, 1.82) is 0 Å². The summed E-state index contributed by atoms with van der Waals surface area (Å²) in [6.07, 6.45) is 8.10. The van der Waals surface area contributed by atoms with Crippen LogP contribution in [0.4, 0.5) is 0 Å². The molecule has 1 amide bonds. The molecule has 24 heavy (non-hydrogen) atoms. The zero-order chi connectivity index (χ0) is 16.8. The van der Waals surface area contributed by atoms with E-state index in [4.69, 9.17) is 14.6 Å². The Kier molecular flexibility index (Phi) is 6.26. The molecule has 1 aromatic heterocycles. The molecule has 1 saturated carbocycles. The Hall–Kier alpha value is -1.40. The molecule has 1 N–H and O–H groups in total. The molecule has 1 aliphatic heterocycles. The van der Waals surface area contributed by atoms with E-state index in [1.165, 1.54) is 30.5 Å². The number of nitrogens with one attached hydrogen (secondary N) is 1. The first-order valence-electron chi connectivity index (χ1n) is 9.21. The van der Waals surface area contributed by atoms with Gasteiger partial charge in [-0.15, -0.1) is 0 Å². The SMILES string of the molecule is COCCn1nc(CCC(=O)NC2CCCCC2)c2c1CCOC2. The molecule has 0 bridgehead atoms. The van der Waals surface area contributed by atoms with E-state index in [1.807, 2.05) is 4.68 Å². The van der Waals surface area contributed by atoms with Crippen molar-refractivity contribution >= 4 is 5.91 Å². The van der Waals surface area contributed by atoms with E-state index >= 15 is 0 Å².